The van der Waals surface area contributed by atoms with Crippen molar-refractivity contribution < 1.29 is 9.18 Å². The molecule has 1 aliphatic heterocycles. The predicted molar refractivity (Wildman–Crippen MR) is 92.9 cm³/mol. The summed E-state index contributed by atoms with van der Waals surface area (Å²) in [5, 5.41) is 2.00. The Kier molecular flexibility index (Phi) is 5.23. The molecule has 1 atom stereocenters. The lowest BCUT2D eigenvalue weighted by Gasteiger charge is -2.23. The number of benzene rings is 1. The van der Waals surface area contributed by atoms with Crippen molar-refractivity contribution in [3.05, 3.63) is 64.1 Å². The van der Waals surface area contributed by atoms with Gasteiger partial charge in [-0.15, -0.1) is 11.3 Å². The molecule has 120 valence electrons. The van der Waals surface area contributed by atoms with Gasteiger partial charge < -0.3 is 4.90 Å². The Balaban J connectivity index is 1.69. The summed E-state index contributed by atoms with van der Waals surface area (Å²) in [5.41, 5.74) is 1.12. The van der Waals surface area contributed by atoms with Crippen LogP contribution in [0.3, 0.4) is 0 Å². The third kappa shape index (κ3) is 4.29. The minimum Gasteiger partial charge on any atom is -0.339 e. The molecular formula is C19H20FNOS. The minimum atomic E-state index is -0.214. The van der Waals surface area contributed by atoms with E-state index in [1.54, 1.807) is 17.4 Å². The van der Waals surface area contributed by atoms with Crippen molar-refractivity contribution in [1.82, 2.24) is 4.90 Å². The molecule has 3 rings (SSSR count). The molecule has 0 aliphatic carbocycles. The lowest BCUT2D eigenvalue weighted by atomic mass is 9.94. The van der Waals surface area contributed by atoms with Crippen molar-refractivity contribution >= 4 is 23.3 Å². The van der Waals surface area contributed by atoms with Crippen molar-refractivity contribution in [3.8, 4) is 0 Å². The first kappa shape index (κ1) is 15.9. The Morgan fingerprint density at radius 2 is 2.04 bits per heavy atom. The zero-order chi connectivity index (χ0) is 16.1. The monoisotopic (exact) mass is 329 g/mol. The first-order chi connectivity index (χ1) is 11.2. The maximum atomic E-state index is 13.1. The van der Waals surface area contributed by atoms with Gasteiger partial charge in [-0.05, 0) is 48.1 Å². The van der Waals surface area contributed by atoms with E-state index in [9.17, 15) is 9.18 Å². The summed E-state index contributed by atoms with van der Waals surface area (Å²) in [6, 6.07) is 10.7. The molecule has 0 spiro atoms. The average Bonchev–Trinajstić information content (AvgIpc) is 2.96. The van der Waals surface area contributed by atoms with E-state index < -0.39 is 0 Å². The molecule has 0 radical (unpaired) electrons. The largest absolute Gasteiger partial charge is 0.339 e. The molecule has 1 aromatic heterocycles. The van der Waals surface area contributed by atoms with Crippen molar-refractivity contribution in [3.63, 3.8) is 0 Å². The van der Waals surface area contributed by atoms with Crippen LogP contribution in [0.5, 0.6) is 0 Å². The summed E-state index contributed by atoms with van der Waals surface area (Å²) in [5.74, 6) is 0.138. The van der Waals surface area contributed by atoms with Crippen LogP contribution in [-0.4, -0.2) is 23.9 Å². The molecule has 1 saturated heterocycles. The van der Waals surface area contributed by atoms with E-state index in [4.69, 9.17) is 0 Å². The SMILES string of the molecule is O=C(/C=C/c1cccs1)N1CCCC[C@@H](c2ccc(F)cc2)C1. The summed E-state index contributed by atoms with van der Waals surface area (Å²) >= 11 is 1.62. The molecule has 2 nitrogen and oxygen atoms in total. The second-order valence-electron chi connectivity index (χ2n) is 5.88. The van der Waals surface area contributed by atoms with Crippen molar-refractivity contribution in [2.24, 2.45) is 0 Å². The third-order valence-corrected chi connectivity index (χ3v) is 5.10. The van der Waals surface area contributed by atoms with E-state index >= 15 is 0 Å². The van der Waals surface area contributed by atoms with Crippen LogP contribution in [0.2, 0.25) is 0 Å². The van der Waals surface area contributed by atoms with Gasteiger partial charge in [0.05, 0.1) is 0 Å². The Morgan fingerprint density at radius 3 is 2.78 bits per heavy atom. The van der Waals surface area contributed by atoms with Gasteiger partial charge in [0.25, 0.3) is 0 Å². The number of amides is 1. The molecule has 2 aromatic rings. The Morgan fingerprint density at radius 1 is 1.22 bits per heavy atom. The van der Waals surface area contributed by atoms with Gasteiger partial charge in [0.1, 0.15) is 5.82 Å². The third-order valence-electron chi connectivity index (χ3n) is 4.26. The van der Waals surface area contributed by atoms with Crippen LogP contribution in [-0.2, 0) is 4.79 Å². The highest BCUT2D eigenvalue weighted by atomic mass is 32.1. The quantitative estimate of drug-likeness (QED) is 0.748. The molecule has 2 heterocycles. The van der Waals surface area contributed by atoms with Gasteiger partial charge in [-0.1, -0.05) is 24.6 Å². The highest BCUT2D eigenvalue weighted by molar-refractivity contribution is 7.10. The second kappa shape index (κ2) is 7.55. The predicted octanol–water partition coefficient (Wildman–Crippen LogP) is 4.70. The number of carbonyl (C=O) groups is 1. The van der Waals surface area contributed by atoms with Gasteiger partial charge in [0.2, 0.25) is 5.91 Å². The Labute approximate surface area is 140 Å². The number of thiophene rings is 1. The Hall–Kier alpha value is -1.94. The highest BCUT2D eigenvalue weighted by Crippen LogP contribution is 2.27. The standard InChI is InChI=1S/C19H20FNOS/c20-17-8-6-15(7-9-17)16-4-1-2-12-21(14-16)19(22)11-10-18-5-3-13-23-18/h3,5-11,13,16H,1-2,4,12,14H2/b11-10+/t16-/m1/s1. The van der Waals surface area contributed by atoms with Crippen molar-refractivity contribution in [2.45, 2.75) is 25.2 Å². The lowest BCUT2D eigenvalue weighted by Crippen LogP contribution is -2.32. The first-order valence-corrected chi connectivity index (χ1v) is 8.86. The van der Waals surface area contributed by atoms with Gasteiger partial charge in [0.15, 0.2) is 0 Å². The van der Waals surface area contributed by atoms with Crippen LogP contribution in [0.1, 0.15) is 35.6 Å². The molecular weight excluding hydrogens is 309 g/mol. The normalized spacial score (nSPS) is 19.0. The molecule has 4 heteroatoms. The van der Waals surface area contributed by atoms with Crippen molar-refractivity contribution in [2.75, 3.05) is 13.1 Å². The molecule has 0 bridgehead atoms. The molecule has 0 unspecified atom stereocenters. The second-order valence-corrected chi connectivity index (χ2v) is 6.86. The van der Waals surface area contributed by atoms with E-state index in [2.05, 4.69) is 0 Å². The van der Waals surface area contributed by atoms with E-state index in [1.807, 2.05) is 40.6 Å². The molecule has 1 fully saturated rings. The summed E-state index contributed by atoms with van der Waals surface area (Å²) in [6.45, 7) is 1.50. The molecule has 1 aromatic carbocycles. The van der Waals surface area contributed by atoms with E-state index in [0.29, 0.717) is 6.54 Å². The van der Waals surface area contributed by atoms with Gasteiger partial charge >= 0.3 is 0 Å². The smallest absolute Gasteiger partial charge is 0.246 e. The number of halogens is 1. The summed E-state index contributed by atoms with van der Waals surface area (Å²) in [7, 11) is 0. The topological polar surface area (TPSA) is 20.3 Å². The van der Waals surface area contributed by atoms with Gasteiger partial charge in [0, 0.05) is 30.0 Å². The fraction of sp³-hybridized carbons (Fsp3) is 0.316. The highest BCUT2D eigenvalue weighted by Gasteiger charge is 2.22. The Bertz CT molecular complexity index is 663. The van der Waals surface area contributed by atoms with Crippen LogP contribution in [0.25, 0.3) is 6.08 Å². The number of likely N-dealkylation sites (tertiary alicyclic amines) is 1. The fourth-order valence-electron chi connectivity index (χ4n) is 2.99. The van der Waals surface area contributed by atoms with Crippen LogP contribution in [0, 0.1) is 5.82 Å². The molecule has 23 heavy (non-hydrogen) atoms. The fourth-order valence-corrected chi connectivity index (χ4v) is 3.61. The number of hydrogen-bond acceptors (Lipinski definition) is 2. The maximum Gasteiger partial charge on any atom is 0.246 e. The summed E-state index contributed by atoms with van der Waals surface area (Å²) in [4.78, 5) is 15.5. The van der Waals surface area contributed by atoms with Crippen molar-refractivity contribution in [1.29, 1.82) is 0 Å². The summed E-state index contributed by atoms with van der Waals surface area (Å²) in [6.07, 6.45) is 6.71. The lowest BCUT2D eigenvalue weighted by molar-refractivity contribution is -0.126. The number of carbonyl (C=O) groups excluding carboxylic acids is 1. The molecule has 1 aliphatic rings. The number of hydrogen-bond donors (Lipinski definition) is 0. The number of rotatable bonds is 3. The van der Waals surface area contributed by atoms with Gasteiger partial charge in [-0.3, -0.25) is 4.79 Å². The van der Waals surface area contributed by atoms with E-state index in [1.165, 1.54) is 12.1 Å². The van der Waals surface area contributed by atoms with Crippen LogP contribution in [0.15, 0.2) is 47.9 Å². The van der Waals surface area contributed by atoms with Crippen LogP contribution < -0.4 is 0 Å². The molecule has 0 N–H and O–H groups in total. The summed E-state index contributed by atoms with van der Waals surface area (Å²) < 4.78 is 13.1. The number of nitrogens with zero attached hydrogens (tertiary/aromatic N) is 1. The van der Waals surface area contributed by atoms with Gasteiger partial charge in [-0.2, -0.15) is 0 Å². The van der Waals surface area contributed by atoms with Gasteiger partial charge in [-0.25, -0.2) is 4.39 Å². The molecule has 0 saturated carbocycles. The van der Waals surface area contributed by atoms with Crippen LogP contribution in [0.4, 0.5) is 4.39 Å². The van der Waals surface area contributed by atoms with E-state index in [0.717, 1.165) is 36.2 Å². The zero-order valence-electron chi connectivity index (χ0n) is 13.0. The minimum absolute atomic E-state index is 0.0624. The first-order valence-electron chi connectivity index (χ1n) is 7.98. The van der Waals surface area contributed by atoms with Crippen LogP contribution >= 0.6 is 11.3 Å². The maximum absolute atomic E-state index is 13.1. The average molecular weight is 329 g/mol. The van der Waals surface area contributed by atoms with E-state index in [-0.39, 0.29) is 17.6 Å². The molecule has 1 amide bonds. The zero-order valence-corrected chi connectivity index (χ0v) is 13.8.